The number of hydrogen-bond donors (Lipinski definition) is 0. The lowest BCUT2D eigenvalue weighted by atomic mass is 9.95. The molecule has 3 rings (SSSR count). The average molecular weight is 442 g/mol. The van der Waals surface area contributed by atoms with Crippen molar-refractivity contribution in [3.63, 3.8) is 0 Å². The molecule has 1 heterocycles. The maximum Gasteiger partial charge on any atom is 0.327 e. The van der Waals surface area contributed by atoms with Gasteiger partial charge >= 0.3 is 5.97 Å². The van der Waals surface area contributed by atoms with Crippen LogP contribution in [0.5, 0.6) is 5.75 Å². The van der Waals surface area contributed by atoms with E-state index in [2.05, 4.69) is 10.8 Å². The number of rotatable bonds is 8. The van der Waals surface area contributed by atoms with Crippen LogP contribution in [0.15, 0.2) is 59.5 Å². The first kappa shape index (κ1) is 22.9. The number of nitrogens with zero attached hydrogens (tertiary/aromatic N) is 1. The zero-order valence-corrected chi connectivity index (χ0v) is 18.4. The Morgan fingerprint density at radius 3 is 2.32 bits per heavy atom. The molecule has 2 aromatic rings. The van der Waals surface area contributed by atoms with Crippen molar-refractivity contribution in [3.05, 3.63) is 60.2 Å². The Hall–Kier alpha value is -2.82. The molecule has 0 N–H and O–H groups in total. The maximum absolute atomic E-state index is 13.6. The summed E-state index contributed by atoms with van der Waals surface area (Å²) >= 11 is 0. The second-order valence-electron chi connectivity index (χ2n) is 7.44. The molecule has 164 valence electrons. The summed E-state index contributed by atoms with van der Waals surface area (Å²) in [5.74, 6) is 2.16. The number of likely N-dealkylation sites (tertiary alicyclic amines) is 1. The Balaban J connectivity index is 1.83. The van der Waals surface area contributed by atoms with Crippen molar-refractivity contribution in [1.82, 2.24) is 4.90 Å². The smallest absolute Gasteiger partial charge is 0.327 e. The van der Waals surface area contributed by atoms with Crippen LogP contribution in [0.3, 0.4) is 0 Å². The zero-order chi connectivity index (χ0) is 22.3. The van der Waals surface area contributed by atoms with Crippen LogP contribution in [0.25, 0.3) is 0 Å². The summed E-state index contributed by atoms with van der Waals surface area (Å²) in [6.07, 6.45) is 5.54. The van der Waals surface area contributed by atoms with Gasteiger partial charge in [-0.3, -0.25) is 9.69 Å². The third-order valence-corrected chi connectivity index (χ3v) is 8.03. The highest BCUT2D eigenvalue weighted by Crippen LogP contribution is 2.37. The fourth-order valence-corrected chi connectivity index (χ4v) is 5.77. The average Bonchev–Trinajstić information content (AvgIpc) is 2.79. The van der Waals surface area contributed by atoms with E-state index in [1.807, 2.05) is 30.3 Å². The van der Waals surface area contributed by atoms with Gasteiger partial charge in [-0.05, 0) is 49.6 Å². The molecule has 7 heteroatoms. The van der Waals surface area contributed by atoms with Gasteiger partial charge in [0, 0.05) is 19.6 Å². The molecule has 1 aliphatic rings. The van der Waals surface area contributed by atoms with Gasteiger partial charge in [-0.15, -0.1) is 6.42 Å². The van der Waals surface area contributed by atoms with Crippen molar-refractivity contribution in [2.45, 2.75) is 36.0 Å². The molecular formula is C24H27NO5S. The van der Waals surface area contributed by atoms with Crippen LogP contribution in [-0.2, 0) is 25.9 Å². The summed E-state index contributed by atoms with van der Waals surface area (Å²) in [5.41, 5.74) is 1.15. The third kappa shape index (κ3) is 4.92. The molecule has 0 unspecified atom stereocenters. The van der Waals surface area contributed by atoms with Crippen LogP contribution in [-0.4, -0.2) is 50.3 Å². The number of ether oxygens (including phenoxy) is 2. The first-order valence-corrected chi connectivity index (χ1v) is 11.8. The van der Waals surface area contributed by atoms with Crippen molar-refractivity contribution < 1.29 is 22.7 Å². The van der Waals surface area contributed by atoms with E-state index in [4.69, 9.17) is 15.9 Å². The van der Waals surface area contributed by atoms with Gasteiger partial charge in [-0.2, -0.15) is 0 Å². The van der Waals surface area contributed by atoms with Gasteiger partial charge < -0.3 is 9.47 Å². The van der Waals surface area contributed by atoms with Gasteiger partial charge in [0.1, 0.15) is 12.4 Å². The Bertz CT molecular complexity index is 1020. The van der Waals surface area contributed by atoms with Crippen LogP contribution in [0.2, 0.25) is 0 Å². The standard InChI is InChI=1S/C24H27NO5S/c1-3-18-30-21-10-12-22(13-11-21)31(27,28)24(23(26)29-4-2)14-16-25(17-15-24)19-20-8-6-5-7-9-20/h1,5-13H,4,14-19H2,2H3. The molecule has 1 fully saturated rings. The summed E-state index contributed by atoms with van der Waals surface area (Å²) in [7, 11) is -3.98. The van der Waals surface area contributed by atoms with Gasteiger partial charge in [0.15, 0.2) is 14.6 Å². The number of carbonyl (C=O) groups is 1. The topological polar surface area (TPSA) is 72.9 Å². The quantitative estimate of drug-likeness (QED) is 0.463. The molecule has 6 nitrogen and oxygen atoms in total. The number of terminal acetylenes is 1. The molecule has 0 aliphatic carbocycles. The van der Waals surface area contributed by atoms with E-state index in [1.54, 1.807) is 19.1 Å². The second kappa shape index (κ2) is 9.99. The van der Waals surface area contributed by atoms with Crippen molar-refractivity contribution in [2.75, 3.05) is 26.3 Å². The third-order valence-electron chi connectivity index (χ3n) is 5.53. The van der Waals surface area contributed by atoms with Gasteiger partial charge in [-0.1, -0.05) is 36.3 Å². The maximum atomic E-state index is 13.6. The predicted octanol–water partition coefficient (Wildman–Crippen LogP) is 3.07. The van der Waals surface area contributed by atoms with Gasteiger partial charge in [0.2, 0.25) is 0 Å². The number of benzene rings is 2. The molecule has 0 radical (unpaired) electrons. The number of sulfone groups is 1. The van der Waals surface area contributed by atoms with E-state index in [0.717, 1.165) is 5.56 Å². The normalized spacial score (nSPS) is 16.3. The van der Waals surface area contributed by atoms with E-state index in [1.165, 1.54) is 12.1 Å². The summed E-state index contributed by atoms with van der Waals surface area (Å²) in [5, 5.41) is 0. The molecular weight excluding hydrogens is 414 g/mol. The molecule has 0 spiro atoms. The van der Waals surface area contributed by atoms with Crippen molar-refractivity contribution in [2.24, 2.45) is 0 Å². The minimum Gasteiger partial charge on any atom is -0.481 e. The summed E-state index contributed by atoms with van der Waals surface area (Å²) in [4.78, 5) is 15.2. The number of hydrogen-bond acceptors (Lipinski definition) is 6. The SMILES string of the molecule is C#CCOc1ccc(S(=O)(=O)C2(C(=O)OCC)CCN(Cc3ccccc3)CC2)cc1. The Morgan fingerprint density at radius 1 is 1.10 bits per heavy atom. The monoisotopic (exact) mass is 441 g/mol. The van der Waals surface area contributed by atoms with E-state index in [9.17, 15) is 13.2 Å². The molecule has 0 bridgehead atoms. The molecule has 0 atom stereocenters. The highest BCUT2D eigenvalue weighted by molar-refractivity contribution is 7.93. The summed E-state index contributed by atoms with van der Waals surface area (Å²) in [6, 6.07) is 16.0. The second-order valence-corrected chi connectivity index (χ2v) is 9.70. The fraction of sp³-hybridized carbons (Fsp3) is 0.375. The first-order chi connectivity index (χ1) is 14.9. The lowest BCUT2D eigenvalue weighted by molar-refractivity contribution is -0.147. The van der Waals surface area contributed by atoms with E-state index in [0.29, 0.717) is 25.4 Å². The number of piperidine rings is 1. The van der Waals surface area contributed by atoms with Crippen molar-refractivity contribution in [3.8, 4) is 18.1 Å². The molecule has 0 saturated carbocycles. The minimum absolute atomic E-state index is 0.0742. The van der Waals surface area contributed by atoms with E-state index < -0.39 is 20.6 Å². The Kier molecular flexibility index (Phi) is 7.37. The lowest BCUT2D eigenvalue weighted by Crippen LogP contribution is -2.54. The minimum atomic E-state index is -3.98. The molecule has 2 aromatic carbocycles. The number of esters is 1. The highest BCUT2D eigenvalue weighted by Gasteiger charge is 2.54. The number of carbonyl (C=O) groups excluding carboxylic acids is 1. The van der Waals surface area contributed by atoms with Crippen LogP contribution in [0.4, 0.5) is 0 Å². The first-order valence-electron chi connectivity index (χ1n) is 10.3. The Labute approximate surface area is 184 Å². The van der Waals surface area contributed by atoms with Crippen molar-refractivity contribution in [1.29, 1.82) is 0 Å². The fourth-order valence-electron chi connectivity index (χ4n) is 3.82. The van der Waals surface area contributed by atoms with Gasteiger partial charge in [-0.25, -0.2) is 8.42 Å². The van der Waals surface area contributed by atoms with Crippen LogP contribution >= 0.6 is 0 Å². The Morgan fingerprint density at radius 2 is 1.74 bits per heavy atom. The summed E-state index contributed by atoms with van der Waals surface area (Å²) < 4.78 is 36.2. The highest BCUT2D eigenvalue weighted by atomic mass is 32.2. The van der Waals surface area contributed by atoms with Crippen LogP contribution in [0.1, 0.15) is 25.3 Å². The van der Waals surface area contributed by atoms with E-state index >= 15 is 0 Å². The van der Waals surface area contributed by atoms with Crippen LogP contribution < -0.4 is 4.74 Å². The largest absolute Gasteiger partial charge is 0.481 e. The molecule has 0 amide bonds. The zero-order valence-electron chi connectivity index (χ0n) is 17.6. The lowest BCUT2D eigenvalue weighted by Gasteiger charge is -2.39. The summed E-state index contributed by atoms with van der Waals surface area (Å²) in [6.45, 7) is 3.58. The van der Waals surface area contributed by atoms with Crippen LogP contribution in [0, 0.1) is 12.3 Å². The van der Waals surface area contributed by atoms with Crippen molar-refractivity contribution >= 4 is 15.8 Å². The predicted molar refractivity (Wildman–Crippen MR) is 118 cm³/mol. The molecule has 31 heavy (non-hydrogen) atoms. The molecule has 0 aromatic heterocycles. The molecule has 1 aliphatic heterocycles. The van der Waals surface area contributed by atoms with Gasteiger partial charge in [0.05, 0.1) is 11.5 Å². The van der Waals surface area contributed by atoms with E-state index in [-0.39, 0.29) is 31.0 Å². The molecule has 1 saturated heterocycles. The van der Waals surface area contributed by atoms with Gasteiger partial charge in [0.25, 0.3) is 0 Å².